The van der Waals surface area contributed by atoms with Gasteiger partial charge in [0.1, 0.15) is 6.04 Å². The molecule has 10 heteroatoms. The van der Waals surface area contributed by atoms with E-state index in [0.29, 0.717) is 25.1 Å². The van der Waals surface area contributed by atoms with Crippen molar-refractivity contribution in [2.24, 2.45) is 0 Å². The van der Waals surface area contributed by atoms with Crippen molar-refractivity contribution in [2.75, 3.05) is 19.6 Å². The Morgan fingerprint density at radius 3 is 2.58 bits per heavy atom. The van der Waals surface area contributed by atoms with Gasteiger partial charge in [0.15, 0.2) is 0 Å². The van der Waals surface area contributed by atoms with Gasteiger partial charge in [-0.15, -0.1) is 0 Å². The molecule has 3 N–H and O–H groups in total. The Balaban J connectivity index is 1.31. The summed E-state index contributed by atoms with van der Waals surface area (Å²) in [7, 11) is 0. The number of likely N-dealkylation sites (tertiary alicyclic amines) is 1. The molecule has 0 spiro atoms. The van der Waals surface area contributed by atoms with Gasteiger partial charge in [-0.1, -0.05) is 12.1 Å². The summed E-state index contributed by atoms with van der Waals surface area (Å²) >= 11 is 0. The van der Waals surface area contributed by atoms with Gasteiger partial charge in [-0.3, -0.25) is 34.2 Å². The maximum absolute atomic E-state index is 13.1. The van der Waals surface area contributed by atoms with E-state index in [1.165, 1.54) is 0 Å². The van der Waals surface area contributed by atoms with Crippen LogP contribution in [0.25, 0.3) is 0 Å². The highest BCUT2D eigenvalue weighted by Gasteiger charge is 2.45. The van der Waals surface area contributed by atoms with Gasteiger partial charge in [0, 0.05) is 45.1 Å². The highest BCUT2D eigenvalue weighted by atomic mass is 16.2. The highest BCUT2D eigenvalue weighted by molar-refractivity contribution is 6.24. The van der Waals surface area contributed by atoms with Crippen LogP contribution < -0.4 is 16.0 Å². The minimum Gasteiger partial charge on any atom is -0.336 e. The number of hydrogen-bond donors (Lipinski definition) is 3. The summed E-state index contributed by atoms with van der Waals surface area (Å²) in [6.45, 7) is 2.59. The van der Waals surface area contributed by atoms with E-state index in [-0.39, 0.29) is 42.0 Å². The zero-order chi connectivity index (χ0) is 21.7. The number of hydrogen-bond acceptors (Lipinski definition) is 7. The molecule has 31 heavy (non-hydrogen) atoms. The van der Waals surface area contributed by atoms with Crippen molar-refractivity contribution in [3.05, 3.63) is 34.9 Å². The van der Waals surface area contributed by atoms with Gasteiger partial charge in [-0.2, -0.15) is 0 Å². The number of fused-ring (bicyclic) bond motifs is 1. The van der Waals surface area contributed by atoms with E-state index < -0.39 is 29.7 Å². The van der Waals surface area contributed by atoms with Gasteiger partial charge in [0.05, 0.1) is 17.2 Å². The smallest absolute Gasteiger partial charge is 0.262 e. The molecule has 0 aromatic heterocycles. The Labute approximate surface area is 178 Å². The van der Waals surface area contributed by atoms with E-state index in [0.717, 1.165) is 18.0 Å². The lowest BCUT2D eigenvalue weighted by atomic mass is 10.0. The maximum Gasteiger partial charge on any atom is 0.262 e. The van der Waals surface area contributed by atoms with Crippen LogP contribution in [0.2, 0.25) is 0 Å². The fraction of sp³-hybridized carbons (Fsp3) is 0.476. The molecule has 1 aromatic carbocycles. The predicted molar refractivity (Wildman–Crippen MR) is 107 cm³/mol. The van der Waals surface area contributed by atoms with E-state index >= 15 is 0 Å². The molecule has 0 radical (unpaired) electrons. The second-order valence-corrected chi connectivity index (χ2v) is 8.43. The van der Waals surface area contributed by atoms with E-state index in [1.54, 1.807) is 18.2 Å². The van der Waals surface area contributed by atoms with Crippen LogP contribution in [0.5, 0.6) is 0 Å². The van der Waals surface area contributed by atoms with Gasteiger partial charge >= 0.3 is 0 Å². The fourth-order valence-corrected chi connectivity index (χ4v) is 4.70. The molecule has 1 aromatic rings. The lowest BCUT2D eigenvalue weighted by Gasteiger charge is -2.35. The summed E-state index contributed by atoms with van der Waals surface area (Å²) in [6, 6.07) is 4.30. The SMILES string of the molecule is O=C1CCC(N2C(=O)c3cccc(CNC4CC(=O)N(C5CNC5)C4)c3C2=O)C(=O)N1. The first-order chi connectivity index (χ1) is 14.9. The van der Waals surface area contributed by atoms with E-state index in [9.17, 15) is 24.0 Å². The first-order valence-electron chi connectivity index (χ1n) is 10.5. The second-order valence-electron chi connectivity index (χ2n) is 8.43. The van der Waals surface area contributed by atoms with E-state index in [1.807, 2.05) is 4.90 Å². The average molecular weight is 425 g/mol. The van der Waals surface area contributed by atoms with Crippen LogP contribution in [-0.4, -0.2) is 77.1 Å². The number of carbonyl (C=O) groups is 5. The van der Waals surface area contributed by atoms with Crippen LogP contribution in [0.4, 0.5) is 0 Å². The Kier molecular flexibility index (Phi) is 4.82. The molecular weight excluding hydrogens is 402 g/mol. The van der Waals surface area contributed by atoms with Gasteiger partial charge < -0.3 is 15.5 Å². The number of imide groups is 2. The number of piperidine rings is 1. The molecule has 0 saturated carbocycles. The third kappa shape index (κ3) is 3.31. The Morgan fingerprint density at radius 1 is 1.06 bits per heavy atom. The highest BCUT2D eigenvalue weighted by Crippen LogP contribution is 2.30. The van der Waals surface area contributed by atoms with Crippen LogP contribution in [0, 0.1) is 0 Å². The van der Waals surface area contributed by atoms with Crippen LogP contribution in [0.3, 0.4) is 0 Å². The van der Waals surface area contributed by atoms with Crippen molar-refractivity contribution >= 4 is 29.5 Å². The Bertz CT molecular complexity index is 1000. The molecule has 2 unspecified atom stereocenters. The van der Waals surface area contributed by atoms with Gasteiger partial charge in [-0.25, -0.2) is 0 Å². The van der Waals surface area contributed by atoms with Gasteiger partial charge in [0.25, 0.3) is 11.8 Å². The topological polar surface area (TPSA) is 128 Å². The summed E-state index contributed by atoms with van der Waals surface area (Å²) in [6.07, 6.45) is 0.613. The summed E-state index contributed by atoms with van der Waals surface area (Å²) in [5, 5.41) is 8.72. The zero-order valence-electron chi connectivity index (χ0n) is 16.8. The zero-order valence-corrected chi connectivity index (χ0v) is 16.8. The molecular formula is C21H23N5O5. The monoisotopic (exact) mass is 425 g/mol. The lowest BCUT2D eigenvalue weighted by Crippen LogP contribution is -2.57. The molecule has 5 amide bonds. The summed E-state index contributed by atoms with van der Waals surface area (Å²) in [5.74, 6) is -1.94. The molecule has 5 rings (SSSR count). The molecule has 0 aliphatic carbocycles. The number of benzene rings is 1. The quantitative estimate of drug-likeness (QED) is 0.503. The number of amides is 5. The van der Waals surface area contributed by atoms with Crippen LogP contribution in [0.15, 0.2) is 18.2 Å². The molecule has 4 heterocycles. The van der Waals surface area contributed by atoms with Crippen molar-refractivity contribution in [1.82, 2.24) is 25.8 Å². The van der Waals surface area contributed by atoms with Gasteiger partial charge in [0.2, 0.25) is 17.7 Å². The van der Waals surface area contributed by atoms with Crippen LogP contribution >= 0.6 is 0 Å². The predicted octanol–water partition coefficient (Wildman–Crippen LogP) is -1.25. The van der Waals surface area contributed by atoms with Crippen molar-refractivity contribution in [1.29, 1.82) is 0 Å². The normalized spacial score (nSPS) is 26.4. The first-order valence-corrected chi connectivity index (χ1v) is 10.5. The number of carbonyl (C=O) groups excluding carboxylic acids is 5. The molecule has 0 bridgehead atoms. The molecule has 2 atom stereocenters. The minimum absolute atomic E-state index is 0.0256. The number of rotatable bonds is 5. The van der Waals surface area contributed by atoms with E-state index in [4.69, 9.17) is 0 Å². The van der Waals surface area contributed by atoms with Crippen molar-refractivity contribution in [3.8, 4) is 0 Å². The first kappa shape index (κ1) is 19.8. The maximum atomic E-state index is 13.1. The molecule has 4 aliphatic heterocycles. The Morgan fingerprint density at radius 2 is 1.87 bits per heavy atom. The average Bonchev–Trinajstić information content (AvgIpc) is 3.17. The Hall–Kier alpha value is -3.11. The van der Waals surface area contributed by atoms with Crippen LogP contribution in [-0.2, 0) is 20.9 Å². The summed E-state index contributed by atoms with van der Waals surface area (Å²) in [5.41, 5.74) is 1.20. The van der Waals surface area contributed by atoms with Crippen molar-refractivity contribution in [2.45, 2.75) is 43.9 Å². The van der Waals surface area contributed by atoms with Crippen LogP contribution in [0.1, 0.15) is 45.5 Å². The molecule has 3 fully saturated rings. The number of nitrogens with zero attached hydrogens (tertiary/aromatic N) is 2. The lowest BCUT2D eigenvalue weighted by molar-refractivity contribution is -0.136. The largest absolute Gasteiger partial charge is 0.336 e. The standard InChI is InChI=1S/C21H23N5O5/c27-16-5-4-15(19(29)24-16)26-20(30)14-3-1-2-11(18(14)21(26)31)7-23-12-6-17(28)25(10-12)13-8-22-9-13/h1-3,12-13,15,22-23H,4-10H2,(H,24,27,29). The summed E-state index contributed by atoms with van der Waals surface area (Å²) < 4.78 is 0. The second kappa shape index (κ2) is 7.54. The molecule has 3 saturated heterocycles. The molecule has 4 aliphatic rings. The third-order valence-electron chi connectivity index (χ3n) is 6.49. The molecule has 162 valence electrons. The number of nitrogens with one attached hydrogen (secondary N) is 3. The summed E-state index contributed by atoms with van der Waals surface area (Å²) in [4.78, 5) is 64.8. The van der Waals surface area contributed by atoms with E-state index in [2.05, 4.69) is 16.0 Å². The van der Waals surface area contributed by atoms with Gasteiger partial charge in [-0.05, 0) is 18.1 Å². The fourth-order valence-electron chi connectivity index (χ4n) is 4.70. The molecule has 10 nitrogen and oxygen atoms in total. The van der Waals surface area contributed by atoms with Crippen molar-refractivity contribution < 1.29 is 24.0 Å². The third-order valence-corrected chi connectivity index (χ3v) is 6.49. The minimum atomic E-state index is -0.983. The van der Waals surface area contributed by atoms with Crippen molar-refractivity contribution in [3.63, 3.8) is 0 Å².